The maximum absolute atomic E-state index is 4.31. The lowest BCUT2D eigenvalue weighted by Crippen LogP contribution is -2.37. The fourth-order valence-electron chi connectivity index (χ4n) is 3.51. The zero-order valence-electron chi connectivity index (χ0n) is 17.0. The molecule has 1 aliphatic heterocycles. The van der Waals surface area contributed by atoms with E-state index >= 15 is 0 Å². The summed E-state index contributed by atoms with van der Waals surface area (Å²) in [5, 5.41) is 14.4. The zero-order valence-corrected chi connectivity index (χ0v) is 17.0. The molecule has 7 nitrogen and oxygen atoms in total. The third-order valence-electron chi connectivity index (χ3n) is 5.16. The van der Waals surface area contributed by atoms with E-state index in [4.69, 9.17) is 0 Å². The molecular weight excluding hydrogens is 350 g/mol. The minimum absolute atomic E-state index is 0.782. The van der Waals surface area contributed by atoms with E-state index in [2.05, 4.69) is 55.0 Å². The summed E-state index contributed by atoms with van der Waals surface area (Å²) in [6.07, 6.45) is 9.74. The van der Waals surface area contributed by atoms with Crippen LogP contribution in [-0.2, 0) is 19.6 Å². The molecule has 2 heterocycles. The molecule has 0 atom stereocenters. The highest BCUT2D eigenvalue weighted by atomic mass is 15.2. The number of hydrogen-bond acceptors (Lipinski definition) is 4. The first-order chi connectivity index (χ1) is 13.8. The topological polar surface area (TPSA) is 70.4 Å². The molecule has 1 aromatic carbocycles. The van der Waals surface area contributed by atoms with Crippen LogP contribution in [0.1, 0.15) is 43.2 Å². The molecule has 152 valence electrons. The molecule has 1 saturated heterocycles. The average molecular weight is 384 g/mol. The summed E-state index contributed by atoms with van der Waals surface area (Å²) in [5.41, 5.74) is 2.68. The highest BCUT2D eigenvalue weighted by Crippen LogP contribution is 2.13. The number of nitrogens with zero attached hydrogens (tertiary/aromatic N) is 5. The Morgan fingerprint density at radius 3 is 2.39 bits per heavy atom. The normalized spacial score (nSPS) is 15.5. The van der Waals surface area contributed by atoms with Gasteiger partial charge in [0.15, 0.2) is 5.96 Å². The Morgan fingerprint density at radius 1 is 0.964 bits per heavy atom. The second-order valence-corrected chi connectivity index (χ2v) is 7.41. The number of aromatic nitrogens is 3. The first kappa shape index (κ1) is 20.3. The Morgan fingerprint density at radius 2 is 1.68 bits per heavy atom. The van der Waals surface area contributed by atoms with Crippen molar-refractivity contribution in [3.8, 4) is 0 Å². The molecule has 1 fully saturated rings. The maximum Gasteiger partial charge on any atom is 0.191 e. The molecule has 1 aromatic heterocycles. The highest BCUT2D eigenvalue weighted by molar-refractivity contribution is 5.79. The summed E-state index contributed by atoms with van der Waals surface area (Å²) < 4.78 is 2.00. The lowest BCUT2D eigenvalue weighted by Gasteiger charge is -2.26. The first-order valence-corrected chi connectivity index (χ1v) is 10.4. The highest BCUT2D eigenvalue weighted by Gasteiger charge is 2.10. The van der Waals surface area contributed by atoms with Gasteiger partial charge in [0, 0.05) is 33.2 Å². The van der Waals surface area contributed by atoms with E-state index in [9.17, 15) is 0 Å². The van der Waals surface area contributed by atoms with Crippen LogP contribution < -0.4 is 10.6 Å². The van der Waals surface area contributed by atoms with Gasteiger partial charge in [-0.05, 0) is 49.9 Å². The lowest BCUT2D eigenvalue weighted by molar-refractivity contribution is 0.221. The van der Waals surface area contributed by atoms with Crippen LogP contribution in [-0.4, -0.2) is 52.3 Å². The molecule has 28 heavy (non-hydrogen) atoms. The van der Waals surface area contributed by atoms with Crippen LogP contribution in [0.15, 0.2) is 41.9 Å². The van der Waals surface area contributed by atoms with Gasteiger partial charge in [-0.1, -0.05) is 30.7 Å². The number of guanidine groups is 1. The van der Waals surface area contributed by atoms with Crippen LogP contribution in [0, 0.1) is 0 Å². The summed E-state index contributed by atoms with van der Waals surface area (Å²) in [7, 11) is 1.81. The standard InChI is InChI=1S/C21H33N7/c1-22-21(23-11-3-6-14-28-17-25-26-18-28)24-15-19-7-9-20(10-8-19)16-27-12-4-2-5-13-27/h7-10,17-18H,2-6,11-16H2,1H3,(H2,22,23,24). The number of nitrogens with one attached hydrogen (secondary N) is 2. The molecule has 0 bridgehead atoms. The third-order valence-corrected chi connectivity index (χ3v) is 5.16. The summed E-state index contributed by atoms with van der Waals surface area (Å²) >= 11 is 0. The molecule has 3 rings (SSSR count). The molecule has 1 aliphatic rings. The summed E-state index contributed by atoms with van der Waals surface area (Å²) in [6.45, 7) is 6.19. The molecule has 0 amide bonds. The van der Waals surface area contributed by atoms with Crippen molar-refractivity contribution >= 4 is 5.96 Å². The number of unbranched alkanes of at least 4 members (excludes halogenated alkanes) is 1. The second kappa shape index (κ2) is 11.4. The van der Waals surface area contributed by atoms with Crippen LogP contribution in [0.5, 0.6) is 0 Å². The number of benzene rings is 1. The summed E-state index contributed by atoms with van der Waals surface area (Å²) in [4.78, 5) is 6.87. The molecule has 0 unspecified atom stereocenters. The largest absolute Gasteiger partial charge is 0.356 e. The monoisotopic (exact) mass is 383 g/mol. The Hall–Kier alpha value is -2.41. The molecule has 2 N–H and O–H groups in total. The van der Waals surface area contributed by atoms with Gasteiger partial charge in [-0.3, -0.25) is 9.89 Å². The number of likely N-dealkylation sites (tertiary alicyclic amines) is 1. The van der Waals surface area contributed by atoms with Crippen molar-refractivity contribution in [2.24, 2.45) is 4.99 Å². The van der Waals surface area contributed by atoms with Crippen molar-refractivity contribution in [3.63, 3.8) is 0 Å². The van der Waals surface area contributed by atoms with Crippen molar-refractivity contribution in [1.82, 2.24) is 30.3 Å². The van der Waals surface area contributed by atoms with Crippen molar-refractivity contribution in [3.05, 3.63) is 48.0 Å². The van der Waals surface area contributed by atoms with E-state index < -0.39 is 0 Å². The average Bonchev–Trinajstić information content (AvgIpc) is 3.25. The molecule has 0 spiro atoms. The molecule has 0 saturated carbocycles. The van der Waals surface area contributed by atoms with E-state index in [-0.39, 0.29) is 0 Å². The fourth-order valence-corrected chi connectivity index (χ4v) is 3.51. The van der Waals surface area contributed by atoms with E-state index in [0.29, 0.717) is 0 Å². The number of aryl methyl sites for hydroxylation is 1. The van der Waals surface area contributed by atoms with Crippen LogP contribution in [0.4, 0.5) is 0 Å². The predicted molar refractivity (Wildman–Crippen MR) is 113 cm³/mol. The van der Waals surface area contributed by atoms with Crippen molar-refractivity contribution < 1.29 is 0 Å². The van der Waals surface area contributed by atoms with Crippen molar-refractivity contribution in [1.29, 1.82) is 0 Å². The quantitative estimate of drug-likeness (QED) is 0.395. The Labute approximate surface area is 168 Å². The molecule has 7 heteroatoms. The van der Waals surface area contributed by atoms with Gasteiger partial charge in [0.1, 0.15) is 12.7 Å². The van der Waals surface area contributed by atoms with E-state index in [1.807, 2.05) is 11.6 Å². The number of piperidine rings is 1. The van der Waals surface area contributed by atoms with Gasteiger partial charge in [-0.15, -0.1) is 10.2 Å². The van der Waals surface area contributed by atoms with Gasteiger partial charge < -0.3 is 15.2 Å². The van der Waals surface area contributed by atoms with Crippen LogP contribution in [0.3, 0.4) is 0 Å². The SMILES string of the molecule is CN=C(NCCCCn1cnnc1)NCc1ccc(CN2CCCCC2)cc1. The molecule has 0 radical (unpaired) electrons. The van der Waals surface area contributed by atoms with Crippen LogP contribution in [0.25, 0.3) is 0 Å². The van der Waals surface area contributed by atoms with Gasteiger partial charge in [0.25, 0.3) is 0 Å². The number of hydrogen-bond donors (Lipinski definition) is 2. The smallest absolute Gasteiger partial charge is 0.191 e. The van der Waals surface area contributed by atoms with E-state index in [1.165, 1.54) is 43.5 Å². The number of rotatable bonds is 9. The maximum atomic E-state index is 4.31. The summed E-state index contributed by atoms with van der Waals surface area (Å²) in [6, 6.07) is 8.96. The second-order valence-electron chi connectivity index (χ2n) is 7.41. The first-order valence-electron chi connectivity index (χ1n) is 10.4. The number of aliphatic imine (C=N–C) groups is 1. The minimum Gasteiger partial charge on any atom is -0.356 e. The van der Waals surface area contributed by atoms with E-state index in [0.717, 1.165) is 45.0 Å². The van der Waals surface area contributed by atoms with Gasteiger partial charge in [0.2, 0.25) is 0 Å². The molecular formula is C21H33N7. The lowest BCUT2D eigenvalue weighted by atomic mass is 10.1. The Kier molecular flexibility index (Phi) is 8.30. The van der Waals surface area contributed by atoms with Crippen molar-refractivity contribution in [2.45, 2.75) is 51.7 Å². The van der Waals surface area contributed by atoms with Crippen molar-refractivity contribution in [2.75, 3.05) is 26.7 Å². The van der Waals surface area contributed by atoms with Gasteiger partial charge >= 0.3 is 0 Å². The van der Waals surface area contributed by atoms with E-state index in [1.54, 1.807) is 12.7 Å². The van der Waals surface area contributed by atoms with Crippen LogP contribution >= 0.6 is 0 Å². The predicted octanol–water partition coefficient (Wildman–Crippen LogP) is 2.41. The Bertz CT molecular complexity index is 688. The third kappa shape index (κ3) is 6.96. The zero-order chi connectivity index (χ0) is 19.4. The summed E-state index contributed by atoms with van der Waals surface area (Å²) in [5.74, 6) is 0.849. The van der Waals surface area contributed by atoms with Gasteiger partial charge in [-0.25, -0.2) is 0 Å². The van der Waals surface area contributed by atoms with Crippen LogP contribution in [0.2, 0.25) is 0 Å². The van der Waals surface area contributed by atoms with Gasteiger partial charge in [0.05, 0.1) is 0 Å². The minimum atomic E-state index is 0.782. The van der Waals surface area contributed by atoms with Gasteiger partial charge in [-0.2, -0.15) is 0 Å². The molecule has 0 aliphatic carbocycles. The Balaban J connectivity index is 1.32. The fraction of sp³-hybridized carbons (Fsp3) is 0.571. The molecule has 2 aromatic rings.